The quantitative estimate of drug-likeness (QED) is 0.472. The minimum Gasteiger partial charge on any atom is -0.508 e. The summed E-state index contributed by atoms with van der Waals surface area (Å²) in [6.07, 6.45) is 3.24. The average molecular weight is 515 g/mol. The molecule has 4 aliphatic rings. The van der Waals surface area contributed by atoms with Crippen LogP contribution in [0, 0.1) is 22.7 Å². The van der Waals surface area contributed by atoms with E-state index in [1.807, 2.05) is 0 Å². The molecule has 5 N–H and O–H groups in total. The summed E-state index contributed by atoms with van der Waals surface area (Å²) >= 11 is 0. The molecule has 2 fully saturated rings. The maximum Gasteiger partial charge on any atom is 0.326 e. The number of benzene rings is 1. The van der Waals surface area contributed by atoms with Crippen LogP contribution < -0.4 is 10.5 Å². The van der Waals surface area contributed by atoms with Gasteiger partial charge in [-0.25, -0.2) is 4.79 Å². The summed E-state index contributed by atoms with van der Waals surface area (Å²) in [5, 5.41) is 31.8. The van der Waals surface area contributed by atoms with Gasteiger partial charge in [-0.05, 0) is 55.4 Å². The summed E-state index contributed by atoms with van der Waals surface area (Å²) in [6, 6.07) is 0.227. The van der Waals surface area contributed by atoms with E-state index in [1.54, 1.807) is 0 Å². The van der Waals surface area contributed by atoms with Gasteiger partial charge < -0.3 is 30.7 Å². The number of carboxylic acids is 1. The van der Waals surface area contributed by atoms with Gasteiger partial charge in [-0.2, -0.15) is 0 Å². The van der Waals surface area contributed by atoms with Crippen molar-refractivity contribution in [2.75, 3.05) is 0 Å². The Balaban J connectivity index is 1.55. The van der Waals surface area contributed by atoms with Crippen LogP contribution in [-0.2, 0) is 22.6 Å². The maximum atomic E-state index is 13.3. The molecular formula is C28H38N2O7. The lowest BCUT2D eigenvalue weighted by atomic mass is 9.43. The van der Waals surface area contributed by atoms with Gasteiger partial charge in [0.2, 0.25) is 5.91 Å². The SMILES string of the molecule is C[C@@H]1CC[C@@H]2C(C)(C)[C@H](O)CC[C@]2(C)[C@@]12Cc1c(O)cc3c(c1O2)CN([C@H](CCC(N)=O)C(=O)O)C3=O. The molecule has 2 aliphatic carbocycles. The molecule has 37 heavy (non-hydrogen) atoms. The number of nitrogens with two attached hydrogens (primary N) is 1. The predicted molar refractivity (Wildman–Crippen MR) is 134 cm³/mol. The summed E-state index contributed by atoms with van der Waals surface area (Å²) in [6.45, 7) is 8.74. The Kier molecular flexibility index (Phi) is 5.83. The minimum atomic E-state index is -1.21. The van der Waals surface area contributed by atoms with E-state index in [0.717, 1.165) is 19.3 Å². The molecule has 2 heterocycles. The smallest absolute Gasteiger partial charge is 0.326 e. The zero-order chi connectivity index (χ0) is 27.1. The Bertz CT molecular complexity index is 1180. The number of rotatable bonds is 5. The van der Waals surface area contributed by atoms with Crippen LogP contribution in [0.15, 0.2) is 6.07 Å². The standard InChI is InChI=1S/C28H38N2O7/c1-14-5-7-20-26(2,3)21(32)9-10-27(20,4)28(14)12-16-19(31)11-15-17(23(16)37-28)13-30(24(15)34)18(25(35)36)6-8-22(29)33/h11,14,18,20-21,31-32H,5-10,12-13H2,1-4H3,(H2,29,33)(H,35,36)/t14-,18-,20-,21-,27+,28-/m1/s1. The third-order valence-corrected chi connectivity index (χ3v) is 10.4. The minimum absolute atomic E-state index is 0.0159. The molecule has 9 heteroatoms. The number of aromatic hydroxyl groups is 1. The summed E-state index contributed by atoms with van der Waals surface area (Å²) in [5.74, 6) is -1.48. The van der Waals surface area contributed by atoms with Crippen LogP contribution >= 0.6 is 0 Å². The van der Waals surface area contributed by atoms with Crippen LogP contribution in [0.25, 0.3) is 0 Å². The highest BCUT2D eigenvalue weighted by Gasteiger charge is 2.67. The summed E-state index contributed by atoms with van der Waals surface area (Å²) in [5.41, 5.74) is 5.56. The van der Waals surface area contributed by atoms with Crippen molar-refractivity contribution in [3.63, 3.8) is 0 Å². The highest BCUT2D eigenvalue weighted by atomic mass is 16.5. The van der Waals surface area contributed by atoms with Crippen molar-refractivity contribution in [1.29, 1.82) is 0 Å². The number of phenolic OH excluding ortho intramolecular Hbond substituents is 1. The van der Waals surface area contributed by atoms with Crippen LogP contribution in [0.2, 0.25) is 0 Å². The molecule has 0 radical (unpaired) electrons. The van der Waals surface area contributed by atoms with Crippen molar-refractivity contribution >= 4 is 17.8 Å². The Morgan fingerprint density at radius 3 is 2.57 bits per heavy atom. The number of phenols is 1. The number of hydrogen-bond acceptors (Lipinski definition) is 6. The molecule has 0 bridgehead atoms. The second kappa shape index (κ2) is 8.35. The van der Waals surface area contributed by atoms with Crippen molar-refractivity contribution < 1.29 is 34.4 Å². The van der Waals surface area contributed by atoms with E-state index in [1.165, 1.54) is 11.0 Å². The number of aliphatic carboxylic acids is 1. The van der Waals surface area contributed by atoms with Crippen LogP contribution in [0.3, 0.4) is 0 Å². The van der Waals surface area contributed by atoms with Gasteiger partial charge in [-0.15, -0.1) is 0 Å². The topological polar surface area (TPSA) is 150 Å². The van der Waals surface area contributed by atoms with Crippen LogP contribution in [0.1, 0.15) is 87.7 Å². The number of ether oxygens (including phenoxy) is 1. The van der Waals surface area contributed by atoms with Crippen molar-refractivity contribution in [2.24, 2.45) is 28.4 Å². The van der Waals surface area contributed by atoms with E-state index in [-0.39, 0.29) is 53.4 Å². The first-order chi connectivity index (χ1) is 17.2. The molecule has 0 aromatic heterocycles. The molecule has 2 saturated carbocycles. The zero-order valence-electron chi connectivity index (χ0n) is 22.0. The Hall–Kier alpha value is -2.81. The lowest BCUT2D eigenvalue weighted by Crippen LogP contribution is -2.66. The van der Waals surface area contributed by atoms with Gasteiger partial charge in [-0.3, -0.25) is 9.59 Å². The molecule has 2 amide bonds. The van der Waals surface area contributed by atoms with Gasteiger partial charge in [0.15, 0.2) is 0 Å². The molecule has 0 saturated heterocycles. The first kappa shape index (κ1) is 25.8. The Morgan fingerprint density at radius 2 is 1.92 bits per heavy atom. The van der Waals surface area contributed by atoms with Gasteiger partial charge in [0, 0.05) is 29.4 Å². The summed E-state index contributed by atoms with van der Waals surface area (Å²) < 4.78 is 6.97. The van der Waals surface area contributed by atoms with E-state index in [9.17, 15) is 29.7 Å². The van der Waals surface area contributed by atoms with E-state index in [0.29, 0.717) is 29.7 Å². The van der Waals surface area contributed by atoms with Crippen LogP contribution in [-0.4, -0.2) is 55.8 Å². The molecule has 0 unspecified atom stereocenters. The zero-order valence-corrected chi connectivity index (χ0v) is 22.0. The number of carbonyl (C=O) groups is 3. The van der Waals surface area contributed by atoms with E-state index >= 15 is 0 Å². The third kappa shape index (κ3) is 3.49. The van der Waals surface area contributed by atoms with E-state index in [2.05, 4.69) is 27.7 Å². The highest BCUT2D eigenvalue weighted by molar-refractivity contribution is 6.02. The van der Waals surface area contributed by atoms with Crippen molar-refractivity contribution in [1.82, 2.24) is 4.90 Å². The molecule has 1 aromatic carbocycles. The number of primary amides is 1. The predicted octanol–water partition coefficient (Wildman–Crippen LogP) is 2.97. The van der Waals surface area contributed by atoms with Gasteiger partial charge in [0.25, 0.3) is 5.91 Å². The molecule has 9 nitrogen and oxygen atoms in total. The van der Waals surface area contributed by atoms with Crippen molar-refractivity contribution in [3.8, 4) is 11.5 Å². The molecule has 1 spiro atoms. The lowest BCUT2D eigenvalue weighted by Gasteiger charge is -2.64. The summed E-state index contributed by atoms with van der Waals surface area (Å²) in [4.78, 5) is 37.9. The number of fused-ring (bicyclic) bond motifs is 5. The third-order valence-electron chi connectivity index (χ3n) is 10.4. The number of aliphatic hydroxyl groups excluding tert-OH is 1. The highest BCUT2D eigenvalue weighted by Crippen LogP contribution is 2.67. The Morgan fingerprint density at radius 1 is 1.22 bits per heavy atom. The Labute approximate surface area is 217 Å². The number of amides is 2. The van der Waals surface area contributed by atoms with Crippen LogP contribution in [0.5, 0.6) is 11.5 Å². The molecular weight excluding hydrogens is 476 g/mol. The van der Waals surface area contributed by atoms with Gasteiger partial charge >= 0.3 is 5.97 Å². The molecule has 5 rings (SSSR count). The van der Waals surface area contributed by atoms with Crippen molar-refractivity contribution in [3.05, 3.63) is 22.8 Å². The number of aliphatic hydroxyl groups is 1. The lowest BCUT2D eigenvalue weighted by molar-refractivity contribution is -0.210. The fourth-order valence-corrected chi connectivity index (χ4v) is 8.23. The second-order valence-corrected chi connectivity index (χ2v) is 12.5. The molecule has 2 aliphatic heterocycles. The maximum absolute atomic E-state index is 13.3. The fraction of sp³-hybridized carbons (Fsp3) is 0.679. The number of nitrogens with zero attached hydrogens (tertiary/aromatic N) is 1. The number of hydrogen-bond donors (Lipinski definition) is 4. The molecule has 202 valence electrons. The van der Waals surface area contributed by atoms with Gasteiger partial charge in [0.1, 0.15) is 23.1 Å². The van der Waals surface area contributed by atoms with E-state index in [4.69, 9.17) is 10.5 Å². The van der Waals surface area contributed by atoms with E-state index < -0.39 is 35.5 Å². The van der Waals surface area contributed by atoms with Crippen molar-refractivity contribution in [2.45, 2.75) is 96.9 Å². The fourth-order valence-electron chi connectivity index (χ4n) is 8.23. The first-order valence-electron chi connectivity index (χ1n) is 13.3. The first-order valence-corrected chi connectivity index (χ1v) is 13.3. The average Bonchev–Trinajstić information content (AvgIpc) is 3.36. The van der Waals surface area contributed by atoms with Crippen LogP contribution in [0.4, 0.5) is 0 Å². The van der Waals surface area contributed by atoms with Gasteiger partial charge in [-0.1, -0.05) is 27.7 Å². The largest absolute Gasteiger partial charge is 0.508 e. The monoisotopic (exact) mass is 514 g/mol. The summed E-state index contributed by atoms with van der Waals surface area (Å²) in [7, 11) is 0. The number of carboxylic acid groups (broad SMARTS) is 1. The second-order valence-electron chi connectivity index (χ2n) is 12.5. The normalized spacial score (nSPS) is 34.5. The number of carbonyl (C=O) groups excluding carboxylic acids is 2. The molecule has 1 aromatic rings. The van der Waals surface area contributed by atoms with Gasteiger partial charge in [0.05, 0.1) is 18.2 Å². The molecule has 6 atom stereocenters.